The predicted octanol–water partition coefficient (Wildman–Crippen LogP) is 1.62. The van der Waals surface area contributed by atoms with E-state index in [0.29, 0.717) is 0 Å². The summed E-state index contributed by atoms with van der Waals surface area (Å²) in [7, 11) is 0. The van der Waals surface area contributed by atoms with Crippen LogP contribution in [0.3, 0.4) is 0 Å². The number of thioether (sulfide) groups is 1. The number of hydrogen-bond acceptors (Lipinski definition) is 3. The number of nitrogens with one attached hydrogen (secondary N) is 1. The van der Waals surface area contributed by atoms with Gasteiger partial charge in [0, 0.05) is 36.9 Å². The van der Waals surface area contributed by atoms with Crippen LogP contribution in [0.15, 0.2) is 6.20 Å². The number of amides is 1. The first kappa shape index (κ1) is 13.5. The van der Waals surface area contributed by atoms with Gasteiger partial charge in [-0.15, -0.1) is 0 Å². The molecule has 1 aromatic heterocycles. The van der Waals surface area contributed by atoms with Gasteiger partial charge >= 0.3 is 0 Å². The third-order valence-electron chi connectivity index (χ3n) is 3.32. The standard InChI is InChI=1S/C13H21N3OS/c1-9(8-18-3)13(17)15-11-4-5-12-14-10(2)6-16(12)7-11/h6,9,11H,4-5,7-8H2,1-3H3,(H,15,17)/t9-,11+/m0/s1. The Kier molecular flexibility index (Phi) is 4.32. The minimum Gasteiger partial charge on any atom is -0.351 e. The van der Waals surface area contributed by atoms with Crippen molar-refractivity contribution in [2.75, 3.05) is 12.0 Å². The van der Waals surface area contributed by atoms with Crippen molar-refractivity contribution in [3.05, 3.63) is 17.7 Å². The van der Waals surface area contributed by atoms with Crippen molar-refractivity contribution in [3.8, 4) is 0 Å². The molecule has 4 nitrogen and oxygen atoms in total. The smallest absolute Gasteiger partial charge is 0.223 e. The van der Waals surface area contributed by atoms with Crippen LogP contribution in [0.25, 0.3) is 0 Å². The Morgan fingerprint density at radius 3 is 3.22 bits per heavy atom. The van der Waals surface area contributed by atoms with Gasteiger partial charge in [0.25, 0.3) is 0 Å². The second-order valence-electron chi connectivity index (χ2n) is 5.05. The van der Waals surface area contributed by atoms with E-state index in [1.165, 1.54) is 0 Å². The van der Waals surface area contributed by atoms with Crippen LogP contribution in [-0.2, 0) is 17.8 Å². The van der Waals surface area contributed by atoms with Crippen LogP contribution in [0, 0.1) is 12.8 Å². The molecule has 2 heterocycles. The fraction of sp³-hybridized carbons (Fsp3) is 0.692. The number of rotatable bonds is 4. The summed E-state index contributed by atoms with van der Waals surface area (Å²) in [4.78, 5) is 16.4. The second kappa shape index (κ2) is 5.78. The van der Waals surface area contributed by atoms with E-state index in [1.54, 1.807) is 11.8 Å². The first-order valence-corrected chi connectivity index (χ1v) is 7.81. The molecule has 0 bridgehead atoms. The minimum atomic E-state index is 0.0888. The van der Waals surface area contributed by atoms with Gasteiger partial charge < -0.3 is 9.88 Å². The average Bonchev–Trinajstić information content (AvgIpc) is 2.68. The van der Waals surface area contributed by atoms with Gasteiger partial charge in [0.15, 0.2) is 0 Å². The van der Waals surface area contributed by atoms with E-state index in [4.69, 9.17) is 0 Å². The third-order valence-corrected chi connectivity index (χ3v) is 4.16. The number of aryl methyl sites for hydroxylation is 2. The molecular weight excluding hydrogens is 246 g/mol. The van der Waals surface area contributed by atoms with E-state index in [0.717, 1.165) is 36.7 Å². The van der Waals surface area contributed by atoms with Gasteiger partial charge in [-0.2, -0.15) is 11.8 Å². The van der Waals surface area contributed by atoms with E-state index >= 15 is 0 Å². The Morgan fingerprint density at radius 2 is 2.50 bits per heavy atom. The summed E-state index contributed by atoms with van der Waals surface area (Å²) in [5, 5.41) is 3.15. The molecule has 0 aliphatic carbocycles. The summed E-state index contributed by atoms with van der Waals surface area (Å²) in [6.07, 6.45) is 6.05. The highest BCUT2D eigenvalue weighted by Crippen LogP contribution is 2.15. The van der Waals surface area contributed by atoms with E-state index < -0.39 is 0 Å². The fourth-order valence-corrected chi connectivity index (χ4v) is 3.02. The highest BCUT2D eigenvalue weighted by Gasteiger charge is 2.22. The number of carbonyl (C=O) groups is 1. The van der Waals surface area contributed by atoms with E-state index in [9.17, 15) is 4.79 Å². The summed E-state index contributed by atoms with van der Waals surface area (Å²) < 4.78 is 2.17. The minimum absolute atomic E-state index is 0.0888. The monoisotopic (exact) mass is 267 g/mol. The van der Waals surface area contributed by atoms with Gasteiger partial charge in [0.2, 0.25) is 5.91 Å². The van der Waals surface area contributed by atoms with Crippen molar-refractivity contribution in [3.63, 3.8) is 0 Å². The highest BCUT2D eigenvalue weighted by atomic mass is 32.2. The molecule has 1 aromatic rings. The molecule has 0 saturated carbocycles. The van der Waals surface area contributed by atoms with E-state index in [2.05, 4.69) is 21.1 Å². The van der Waals surface area contributed by atoms with Gasteiger partial charge in [-0.05, 0) is 19.6 Å². The van der Waals surface area contributed by atoms with Crippen LogP contribution in [0.2, 0.25) is 0 Å². The summed E-state index contributed by atoms with van der Waals surface area (Å²) in [6, 6.07) is 0.253. The van der Waals surface area contributed by atoms with Crippen LogP contribution in [0.1, 0.15) is 24.9 Å². The van der Waals surface area contributed by atoms with Gasteiger partial charge in [-0.1, -0.05) is 6.92 Å². The zero-order valence-corrected chi connectivity index (χ0v) is 12.1. The van der Waals surface area contributed by atoms with Crippen LogP contribution in [0.4, 0.5) is 0 Å². The lowest BCUT2D eigenvalue weighted by atomic mass is 10.1. The van der Waals surface area contributed by atoms with Crippen LogP contribution >= 0.6 is 11.8 Å². The van der Waals surface area contributed by atoms with Crippen LogP contribution in [-0.4, -0.2) is 33.5 Å². The summed E-state index contributed by atoms with van der Waals surface area (Å²) in [5.41, 5.74) is 1.06. The molecule has 1 aliphatic heterocycles. The maximum absolute atomic E-state index is 12.0. The number of carbonyl (C=O) groups excluding carboxylic acids is 1. The molecule has 18 heavy (non-hydrogen) atoms. The van der Waals surface area contributed by atoms with Crippen molar-refractivity contribution in [2.45, 2.75) is 39.3 Å². The molecule has 0 fully saturated rings. The molecule has 2 atom stereocenters. The lowest BCUT2D eigenvalue weighted by Crippen LogP contribution is -2.43. The molecule has 2 rings (SSSR count). The molecule has 1 amide bonds. The van der Waals surface area contributed by atoms with Crippen molar-refractivity contribution in [2.24, 2.45) is 5.92 Å². The van der Waals surface area contributed by atoms with E-state index in [1.807, 2.05) is 20.1 Å². The Labute approximate surface area is 113 Å². The average molecular weight is 267 g/mol. The second-order valence-corrected chi connectivity index (χ2v) is 5.96. The molecule has 0 spiro atoms. The van der Waals surface area contributed by atoms with Gasteiger partial charge in [0.1, 0.15) is 5.82 Å². The molecule has 5 heteroatoms. The lowest BCUT2D eigenvalue weighted by molar-refractivity contribution is -0.124. The molecule has 0 saturated heterocycles. The number of imidazole rings is 1. The number of nitrogens with zero attached hydrogens (tertiary/aromatic N) is 2. The number of hydrogen-bond donors (Lipinski definition) is 1. The topological polar surface area (TPSA) is 46.9 Å². The summed E-state index contributed by atoms with van der Waals surface area (Å²) in [6.45, 7) is 4.86. The molecule has 0 aromatic carbocycles. The SMILES string of the molecule is CSC[C@H](C)C(=O)N[C@@H]1CCc2nc(C)cn2C1. The third kappa shape index (κ3) is 3.07. The molecule has 0 unspecified atom stereocenters. The van der Waals surface area contributed by atoms with Crippen molar-refractivity contribution in [1.82, 2.24) is 14.9 Å². The van der Waals surface area contributed by atoms with Gasteiger partial charge in [0.05, 0.1) is 5.69 Å². The van der Waals surface area contributed by atoms with Crippen LogP contribution in [0.5, 0.6) is 0 Å². The van der Waals surface area contributed by atoms with Crippen LogP contribution < -0.4 is 5.32 Å². The Bertz CT molecular complexity index is 430. The quantitative estimate of drug-likeness (QED) is 0.902. The Hall–Kier alpha value is -0.970. The first-order valence-electron chi connectivity index (χ1n) is 6.42. The zero-order chi connectivity index (χ0) is 13.1. The number of aromatic nitrogens is 2. The number of fused-ring (bicyclic) bond motifs is 1. The maximum Gasteiger partial charge on any atom is 0.223 e. The van der Waals surface area contributed by atoms with E-state index in [-0.39, 0.29) is 17.9 Å². The maximum atomic E-state index is 12.0. The highest BCUT2D eigenvalue weighted by molar-refractivity contribution is 7.98. The summed E-state index contributed by atoms with van der Waals surface area (Å²) >= 11 is 1.72. The Morgan fingerprint density at radius 1 is 1.72 bits per heavy atom. The summed E-state index contributed by atoms with van der Waals surface area (Å²) in [5.74, 6) is 2.30. The normalized spacial score (nSPS) is 20.3. The molecule has 1 aliphatic rings. The lowest BCUT2D eigenvalue weighted by Gasteiger charge is -2.25. The largest absolute Gasteiger partial charge is 0.351 e. The van der Waals surface area contributed by atoms with Gasteiger partial charge in [-0.25, -0.2) is 4.98 Å². The molecule has 100 valence electrons. The van der Waals surface area contributed by atoms with Crippen molar-refractivity contribution >= 4 is 17.7 Å². The van der Waals surface area contributed by atoms with Crippen molar-refractivity contribution in [1.29, 1.82) is 0 Å². The van der Waals surface area contributed by atoms with Crippen molar-refractivity contribution < 1.29 is 4.79 Å². The molecular formula is C13H21N3OS. The molecule has 1 N–H and O–H groups in total. The molecule has 0 radical (unpaired) electrons. The zero-order valence-electron chi connectivity index (χ0n) is 11.3. The fourth-order valence-electron chi connectivity index (χ4n) is 2.37. The van der Waals surface area contributed by atoms with Gasteiger partial charge in [-0.3, -0.25) is 4.79 Å². The Balaban J connectivity index is 1.91. The first-order chi connectivity index (χ1) is 8.60. The predicted molar refractivity (Wildman–Crippen MR) is 74.8 cm³/mol.